The highest BCUT2D eigenvalue weighted by Crippen LogP contribution is 2.15. The van der Waals surface area contributed by atoms with Crippen LogP contribution in [0.2, 0.25) is 0 Å². The first-order chi connectivity index (χ1) is 9.65. The third-order valence-corrected chi connectivity index (χ3v) is 4.57. The Bertz CT molecular complexity index is 442. The lowest BCUT2D eigenvalue weighted by Gasteiger charge is -2.30. The Kier molecular flexibility index (Phi) is 6.29. The van der Waals surface area contributed by atoms with Crippen molar-refractivity contribution < 1.29 is 4.79 Å². The molecule has 0 bridgehead atoms. The molecule has 1 saturated heterocycles. The van der Waals surface area contributed by atoms with E-state index in [-0.39, 0.29) is 5.91 Å². The van der Waals surface area contributed by atoms with Crippen molar-refractivity contribution in [1.29, 1.82) is 0 Å². The molecule has 0 atom stereocenters. The SMILES string of the molecule is CC1CCN(CCCNC(=O)c2cccc(I)c2)CC1. The lowest BCUT2D eigenvalue weighted by atomic mass is 9.99. The molecule has 110 valence electrons. The quantitative estimate of drug-likeness (QED) is 0.623. The smallest absolute Gasteiger partial charge is 0.251 e. The summed E-state index contributed by atoms with van der Waals surface area (Å²) in [6.07, 6.45) is 3.66. The zero-order valence-corrected chi connectivity index (χ0v) is 14.2. The Hall–Kier alpha value is -0.620. The monoisotopic (exact) mass is 386 g/mol. The molecule has 0 unspecified atom stereocenters. The van der Waals surface area contributed by atoms with Crippen molar-refractivity contribution >= 4 is 28.5 Å². The van der Waals surface area contributed by atoms with Crippen LogP contribution in [0.25, 0.3) is 0 Å². The number of likely N-dealkylation sites (tertiary alicyclic amines) is 1. The summed E-state index contributed by atoms with van der Waals surface area (Å²) in [4.78, 5) is 14.5. The fourth-order valence-electron chi connectivity index (χ4n) is 2.52. The molecule has 1 aromatic rings. The molecule has 4 heteroatoms. The summed E-state index contributed by atoms with van der Waals surface area (Å²) in [6.45, 7) is 6.62. The van der Waals surface area contributed by atoms with E-state index in [2.05, 4.69) is 39.7 Å². The minimum Gasteiger partial charge on any atom is -0.352 e. The number of hydrogen-bond donors (Lipinski definition) is 1. The van der Waals surface area contributed by atoms with Crippen LogP contribution in [0.1, 0.15) is 36.5 Å². The van der Waals surface area contributed by atoms with Crippen LogP contribution in [-0.2, 0) is 0 Å². The predicted octanol–water partition coefficient (Wildman–Crippen LogP) is 3.14. The van der Waals surface area contributed by atoms with E-state index in [9.17, 15) is 4.79 Å². The minimum absolute atomic E-state index is 0.0378. The number of benzene rings is 1. The number of amides is 1. The third kappa shape index (κ3) is 5.05. The van der Waals surface area contributed by atoms with Crippen molar-refractivity contribution in [3.8, 4) is 0 Å². The zero-order valence-electron chi connectivity index (χ0n) is 12.1. The molecule has 0 saturated carbocycles. The van der Waals surface area contributed by atoms with Gasteiger partial charge in [0.2, 0.25) is 0 Å². The molecule has 1 heterocycles. The van der Waals surface area contributed by atoms with Gasteiger partial charge in [-0.05, 0) is 85.6 Å². The molecule has 0 aliphatic carbocycles. The highest BCUT2D eigenvalue weighted by molar-refractivity contribution is 14.1. The van der Waals surface area contributed by atoms with E-state index in [0.717, 1.165) is 34.6 Å². The third-order valence-electron chi connectivity index (χ3n) is 3.90. The van der Waals surface area contributed by atoms with Gasteiger partial charge in [-0.25, -0.2) is 0 Å². The van der Waals surface area contributed by atoms with Gasteiger partial charge in [-0.2, -0.15) is 0 Å². The second-order valence-electron chi connectivity index (χ2n) is 5.64. The second-order valence-corrected chi connectivity index (χ2v) is 6.89. The lowest BCUT2D eigenvalue weighted by molar-refractivity contribution is 0.0950. The molecule has 0 aromatic heterocycles. The fraction of sp³-hybridized carbons (Fsp3) is 0.562. The maximum atomic E-state index is 12.0. The summed E-state index contributed by atoms with van der Waals surface area (Å²) in [6, 6.07) is 7.70. The van der Waals surface area contributed by atoms with E-state index in [1.54, 1.807) is 0 Å². The van der Waals surface area contributed by atoms with E-state index >= 15 is 0 Å². The van der Waals surface area contributed by atoms with E-state index in [1.807, 2.05) is 24.3 Å². The van der Waals surface area contributed by atoms with Gasteiger partial charge < -0.3 is 10.2 Å². The van der Waals surface area contributed by atoms with Gasteiger partial charge in [-0.15, -0.1) is 0 Å². The predicted molar refractivity (Wildman–Crippen MR) is 90.9 cm³/mol. The number of nitrogens with one attached hydrogen (secondary N) is 1. The molecule has 0 spiro atoms. The van der Waals surface area contributed by atoms with Gasteiger partial charge in [0.25, 0.3) is 5.91 Å². The normalized spacial score (nSPS) is 17.1. The van der Waals surface area contributed by atoms with Crippen LogP contribution < -0.4 is 5.32 Å². The summed E-state index contributed by atoms with van der Waals surface area (Å²) < 4.78 is 1.10. The van der Waals surface area contributed by atoms with Crippen molar-refractivity contribution in [1.82, 2.24) is 10.2 Å². The van der Waals surface area contributed by atoms with E-state index in [4.69, 9.17) is 0 Å². The molecule has 3 nitrogen and oxygen atoms in total. The van der Waals surface area contributed by atoms with Gasteiger partial charge in [0, 0.05) is 15.7 Å². The molecule has 1 aliphatic heterocycles. The molecule has 1 aliphatic rings. The number of nitrogens with zero attached hydrogens (tertiary/aromatic N) is 1. The van der Waals surface area contributed by atoms with Crippen LogP contribution in [0, 0.1) is 9.49 Å². The van der Waals surface area contributed by atoms with Gasteiger partial charge in [0.05, 0.1) is 0 Å². The van der Waals surface area contributed by atoms with Crippen LogP contribution in [0.15, 0.2) is 24.3 Å². The maximum Gasteiger partial charge on any atom is 0.251 e. The number of carbonyl (C=O) groups is 1. The van der Waals surface area contributed by atoms with E-state index < -0.39 is 0 Å². The van der Waals surface area contributed by atoms with E-state index in [0.29, 0.717) is 0 Å². The summed E-state index contributed by atoms with van der Waals surface area (Å²) in [5, 5.41) is 3.01. The standard InChI is InChI=1S/C16H23IN2O/c1-13-6-10-19(11-7-13)9-3-8-18-16(20)14-4-2-5-15(17)12-14/h2,4-5,12-13H,3,6-11H2,1H3,(H,18,20). The maximum absolute atomic E-state index is 12.0. The van der Waals surface area contributed by atoms with Gasteiger partial charge in [-0.1, -0.05) is 13.0 Å². The average Bonchev–Trinajstić information content (AvgIpc) is 2.45. The van der Waals surface area contributed by atoms with Crippen molar-refractivity contribution in [2.45, 2.75) is 26.2 Å². The molecular formula is C16H23IN2O. The highest BCUT2D eigenvalue weighted by atomic mass is 127. The first-order valence-electron chi connectivity index (χ1n) is 7.41. The Morgan fingerprint density at radius 3 is 2.85 bits per heavy atom. The van der Waals surface area contributed by atoms with Crippen LogP contribution >= 0.6 is 22.6 Å². The molecular weight excluding hydrogens is 363 g/mol. The molecule has 1 N–H and O–H groups in total. The topological polar surface area (TPSA) is 32.3 Å². The van der Waals surface area contributed by atoms with Crippen molar-refractivity contribution in [2.75, 3.05) is 26.2 Å². The molecule has 1 amide bonds. The van der Waals surface area contributed by atoms with Gasteiger partial charge >= 0.3 is 0 Å². The largest absolute Gasteiger partial charge is 0.352 e. The summed E-state index contributed by atoms with van der Waals surface area (Å²) >= 11 is 2.23. The van der Waals surface area contributed by atoms with Crippen LogP contribution in [0.4, 0.5) is 0 Å². The summed E-state index contributed by atoms with van der Waals surface area (Å²) in [7, 11) is 0. The Morgan fingerprint density at radius 2 is 2.15 bits per heavy atom. The lowest BCUT2D eigenvalue weighted by Crippen LogP contribution is -2.35. The summed E-state index contributed by atoms with van der Waals surface area (Å²) in [5.41, 5.74) is 0.753. The minimum atomic E-state index is 0.0378. The highest BCUT2D eigenvalue weighted by Gasteiger charge is 2.14. The first kappa shape index (κ1) is 15.8. The van der Waals surface area contributed by atoms with Crippen molar-refractivity contribution in [2.24, 2.45) is 5.92 Å². The van der Waals surface area contributed by atoms with Gasteiger partial charge in [0.1, 0.15) is 0 Å². The van der Waals surface area contributed by atoms with E-state index in [1.165, 1.54) is 25.9 Å². The number of hydrogen-bond acceptors (Lipinski definition) is 2. The Morgan fingerprint density at radius 1 is 1.40 bits per heavy atom. The number of piperidine rings is 1. The van der Waals surface area contributed by atoms with Crippen molar-refractivity contribution in [3.05, 3.63) is 33.4 Å². The number of rotatable bonds is 5. The Balaban J connectivity index is 1.64. The van der Waals surface area contributed by atoms with Crippen LogP contribution in [0.5, 0.6) is 0 Å². The van der Waals surface area contributed by atoms with Gasteiger partial charge in [0.15, 0.2) is 0 Å². The van der Waals surface area contributed by atoms with Crippen molar-refractivity contribution in [3.63, 3.8) is 0 Å². The first-order valence-corrected chi connectivity index (χ1v) is 8.49. The van der Waals surface area contributed by atoms with Crippen LogP contribution in [-0.4, -0.2) is 37.0 Å². The number of halogens is 1. The zero-order chi connectivity index (χ0) is 14.4. The average molecular weight is 386 g/mol. The fourth-order valence-corrected chi connectivity index (χ4v) is 3.07. The summed E-state index contributed by atoms with van der Waals surface area (Å²) in [5.74, 6) is 0.919. The molecule has 1 aromatic carbocycles. The Labute approximate surface area is 135 Å². The molecule has 20 heavy (non-hydrogen) atoms. The second kappa shape index (κ2) is 7.98. The molecule has 0 radical (unpaired) electrons. The van der Waals surface area contributed by atoms with Crippen LogP contribution in [0.3, 0.4) is 0 Å². The molecule has 2 rings (SSSR count). The number of carbonyl (C=O) groups excluding carboxylic acids is 1. The van der Waals surface area contributed by atoms with Gasteiger partial charge in [-0.3, -0.25) is 4.79 Å². The molecule has 1 fully saturated rings.